The van der Waals surface area contributed by atoms with Crippen LogP contribution in [0.1, 0.15) is 35.0 Å². The van der Waals surface area contributed by atoms with Crippen LogP contribution in [-0.2, 0) is 6.42 Å². The average Bonchev–Trinajstić information content (AvgIpc) is 2.85. The van der Waals surface area contributed by atoms with E-state index >= 15 is 0 Å². The summed E-state index contributed by atoms with van der Waals surface area (Å²) in [5, 5.41) is 11.4. The van der Waals surface area contributed by atoms with Gasteiger partial charge < -0.3 is 10.0 Å². The maximum atomic E-state index is 12.7. The highest BCUT2D eigenvalue weighted by atomic mass is 32.1. The number of carbonyl (C=O) groups is 1. The van der Waals surface area contributed by atoms with E-state index in [1.54, 1.807) is 0 Å². The van der Waals surface area contributed by atoms with Crippen LogP contribution in [0.3, 0.4) is 0 Å². The lowest BCUT2D eigenvalue weighted by Gasteiger charge is -2.39. The first kappa shape index (κ1) is 15.3. The number of thiophene rings is 1. The molecular weight excluding hydrogens is 291 g/mol. The molecule has 1 saturated heterocycles. The van der Waals surface area contributed by atoms with Gasteiger partial charge in [-0.3, -0.25) is 4.79 Å². The lowest BCUT2D eigenvalue weighted by atomic mass is 9.90. The van der Waals surface area contributed by atoms with Crippen molar-refractivity contribution in [1.82, 2.24) is 4.90 Å². The smallest absolute Gasteiger partial charge is 0.380 e. The third-order valence-corrected chi connectivity index (χ3v) is 4.67. The standard InChI is InChI=1S/C13H16F3NO2S/c1-2-9-3-8-20-10(9)11(18)17-6-4-12(19,5-7-17)13(14,15)16/h3,8,19H,2,4-7H2,1H3. The van der Waals surface area contributed by atoms with Crippen molar-refractivity contribution in [3.8, 4) is 0 Å². The molecule has 1 aromatic heterocycles. The number of halogens is 3. The number of carbonyl (C=O) groups excluding carboxylic acids is 1. The molecule has 0 atom stereocenters. The van der Waals surface area contributed by atoms with Crippen LogP contribution in [0.2, 0.25) is 0 Å². The van der Waals surface area contributed by atoms with E-state index < -0.39 is 24.6 Å². The van der Waals surface area contributed by atoms with Gasteiger partial charge in [0.1, 0.15) is 0 Å². The zero-order valence-electron chi connectivity index (χ0n) is 11.0. The van der Waals surface area contributed by atoms with E-state index in [2.05, 4.69) is 0 Å². The predicted octanol–water partition coefficient (Wildman–Crippen LogP) is 2.84. The van der Waals surface area contributed by atoms with Crippen molar-refractivity contribution in [2.45, 2.75) is 38.0 Å². The molecule has 3 nitrogen and oxygen atoms in total. The second kappa shape index (κ2) is 5.37. The maximum Gasteiger partial charge on any atom is 0.417 e. The van der Waals surface area contributed by atoms with Crippen LogP contribution in [0.5, 0.6) is 0 Å². The SMILES string of the molecule is CCc1ccsc1C(=O)N1CCC(O)(C(F)(F)F)CC1. The van der Waals surface area contributed by atoms with Crippen LogP contribution in [0, 0.1) is 0 Å². The molecule has 1 aliphatic heterocycles. The molecular formula is C13H16F3NO2S. The fourth-order valence-electron chi connectivity index (χ4n) is 2.31. The van der Waals surface area contributed by atoms with E-state index in [1.165, 1.54) is 16.2 Å². The lowest BCUT2D eigenvalue weighted by Crippen LogP contribution is -2.54. The number of hydrogen-bond donors (Lipinski definition) is 1. The third kappa shape index (κ3) is 2.69. The van der Waals surface area contributed by atoms with E-state index in [0.29, 0.717) is 11.3 Å². The summed E-state index contributed by atoms with van der Waals surface area (Å²) in [6.07, 6.45) is -4.85. The Balaban J connectivity index is 2.06. The number of aliphatic hydroxyl groups is 1. The molecule has 0 saturated carbocycles. The van der Waals surface area contributed by atoms with E-state index in [4.69, 9.17) is 0 Å². The number of amides is 1. The van der Waals surface area contributed by atoms with E-state index in [1.807, 2.05) is 18.4 Å². The molecule has 1 aliphatic rings. The molecule has 1 aromatic rings. The minimum absolute atomic E-state index is 0.0735. The van der Waals surface area contributed by atoms with Crippen LogP contribution in [0.4, 0.5) is 13.2 Å². The fourth-order valence-corrected chi connectivity index (χ4v) is 3.27. The molecule has 0 spiro atoms. The highest BCUT2D eigenvalue weighted by molar-refractivity contribution is 7.12. The first-order chi connectivity index (χ1) is 9.28. The summed E-state index contributed by atoms with van der Waals surface area (Å²) < 4.78 is 38.1. The summed E-state index contributed by atoms with van der Waals surface area (Å²) in [5.74, 6) is -0.235. The first-order valence-electron chi connectivity index (χ1n) is 6.43. The second-order valence-electron chi connectivity index (χ2n) is 4.95. The Hall–Kier alpha value is -1.08. The minimum atomic E-state index is -4.64. The van der Waals surface area contributed by atoms with Crippen molar-refractivity contribution in [3.63, 3.8) is 0 Å². The molecule has 0 aliphatic carbocycles. The van der Waals surface area contributed by atoms with Gasteiger partial charge in [0.25, 0.3) is 5.91 Å². The topological polar surface area (TPSA) is 40.5 Å². The van der Waals surface area contributed by atoms with Gasteiger partial charge in [0, 0.05) is 25.9 Å². The maximum absolute atomic E-state index is 12.7. The van der Waals surface area contributed by atoms with Crippen molar-refractivity contribution < 1.29 is 23.1 Å². The molecule has 1 amide bonds. The quantitative estimate of drug-likeness (QED) is 0.913. The van der Waals surface area contributed by atoms with Gasteiger partial charge >= 0.3 is 6.18 Å². The van der Waals surface area contributed by atoms with Gasteiger partial charge in [-0.25, -0.2) is 0 Å². The summed E-state index contributed by atoms with van der Waals surface area (Å²) in [4.78, 5) is 14.3. The van der Waals surface area contributed by atoms with Crippen molar-refractivity contribution in [3.05, 3.63) is 21.9 Å². The van der Waals surface area contributed by atoms with Crippen molar-refractivity contribution in [1.29, 1.82) is 0 Å². The molecule has 0 radical (unpaired) electrons. The third-order valence-electron chi connectivity index (χ3n) is 3.73. The Morgan fingerprint density at radius 3 is 2.55 bits per heavy atom. The first-order valence-corrected chi connectivity index (χ1v) is 7.31. The summed E-state index contributed by atoms with van der Waals surface area (Å²) >= 11 is 1.31. The Bertz CT molecular complexity index is 490. The number of piperidine rings is 1. The van der Waals surface area contributed by atoms with Crippen LogP contribution in [0.15, 0.2) is 11.4 Å². The zero-order valence-corrected chi connectivity index (χ0v) is 11.9. The van der Waals surface area contributed by atoms with Crippen molar-refractivity contribution >= 4 is 17.2 Å². The molecule has 2 heterocycles. The number of rotatable bonds is 2. The van der Waals surface area contributed by atoms with Gasteiger partial charge in [0.15, 0.2) is 5.60 Å². The van der Waals surface area contributed by atoms with Crippen LogP contribution < -0.4 is 0 Å². The molecule has 20 heavy (non-hydrogen) atoms. The molecule has 2 rings (SSSR count). The van der Waals surface area contributed by atoms with Gasteiger partial charge in [0.2, 0.25) is 0 Å². The predicted molar refractivity (Wildman–Crippen MR) is 69.8 cm³/mol. The van der Waals surface area contributed by atoms with Gasteiger partial charge in [0.05, 0.1) is 4.88 Å². The van der Waals surface area contributed by atoms with Gasteiger partial charge in [-0.15, -0.1) is 11.3 Å². The number of aryl methyl sites for hydroxylation is 1. The normalized spacial score (nSPS) is 19.1. The van der Waals surface area contributed by atoms with Gasteiger partial charge in [-0.2, -0.15) is 13.2 Å². The lowest BCUT2D eigenvalue weighted by molar-refractivity contribution is -0.271. The second-order valence-corrected chi connectivity index (χ2v) is 5.87. The summed E-state index contributed by atoms with van der Waals surface area (Å²) in [6, 6.07) is 1.86. The molecule has 1 fully saturated rings. The Morgan fingerprint density at radius 2 is 2.05 bits per heavy atom. The highest BCUT2D eigenvalue weighted by Gasteiger charge is 2.54. The Kier molecular flexibility index (Phi) is 4.11. The molecule has 1 N–H and O–H groups in total. The Labute approximate surface area is 119 Å². The van der Waals surface area contributed by atoms with E-state index in [9.17, 15) is 23.1 Å². The van der Waals surface area contributed by atoms with Gasteiger partial charge in [-0.05, 0) is 23.4 Å². The molecule has 112 valence electrons. The largest absolute Gasteiger partial charge is 0.417 e. The van der Waals surface area contributed by atoms with E-state index in [-0.39, 0.29) is 19.0 Å². The molecule has 0 bridgehead atoms. The van der Waals surface area contributed by atoms with Crippen molar-refractivity contribution in [2.24, 2.45) is 0 Å². The summed E-state index contributed by atoms with van der Waals surface area (Å²) in [5.41, 5.74) is -1.75. The van der Waals surface area contributed by atoms with E-state index in [0.717, 1.165) is 5.56 Å². The monoisotopic (exact) mass is 307 g/mol. The highest BCUT2D eigenvalue weighted by Crippen LogP contribution is 2.38. The Morgan fingerprint density at radius 1 is 1.45 bits per heavy atom. The minimum Gasteiger partial charge on any atom is -0.380 e. The number of nitrogens with zero attached hydrogens (tertiary/aromatic N) is 1. The van der Waals surface area contributed by atoms with Crippen LogP contribution >= 0.6 is 11.3 Å². The number of likely N-dealkylation sites (tertiary alicyclic amines) is 1. The van der Waals surface area contributed by atoms with Crippen LogP contribution in [0.25, 0.3) is 0 Å². The summed E-state index contributed by atoms with van der Waals surface area (Å²) in [6.45, 7) is 1.78. The number of hydrogen-bond acceptors (Lipinski definition) is 3. The van der Waals surface area contributed by atoms with Gasteiger partial charge in [-0.1, -0.05) is 6.92 Å². The van der Waals surface area contributed by atoms with Crippen LogP contribution in [-0.4, -0.2) is 40.8 Å². The molecule has 0 aromatic carbocycles. The molecule has 7 heteroatoms. The summed E-state index contributed by atoms with van der Waals surface area (Å²) in [7, 11) is 0. The van der Waals surface area contributed by atoms with Crippen molar-refractivity contribution in [2.75, 3.05) is 13.1 Å². The molecule has 0 unspecified atom stereocenters. The average molecular weight is 307 g/mol. The zero-order chi connectivity index (χ0) is 15.0. The fraction of sp³-hybridized carbons (Fsp3) is 0.615. The number of alkyl halides is 3.